The van der Waals surface area contributed by atoms with Gasteiger partial charge in [-0.15, -0.1) is 0 Å². The van der Waals surface area contributed by atoms with E-state index in [4.69, 9.17) is 0 Å². The van der Waals surface area contributed by atoms with Crippen molar-refractivity contribution in [1.82, 2.24) is 4.98 Å². The Morgan fingerprint density at radius 3 is 2.89 bits per heavy atom. The van der Waals surface area contributed by atoms with Crippen LogP contribution in [0.1, 0.15) is 34.8 Å². The van der Waals surface area contributed by atoms with E-state index >= 15 is 0 Å². The molecule has 1 aromatic heterocycles. The fourth-order valence-electron chi connectivity index (χ4n) is 2.66. The standard InChI is InChI=1S/C16H17NO/c18-16(9-12-3-2-8-17-11-12)15-7-6-13-4-1-5-14(13)10-15/h2-3,6-8,10-11,16,18H,1,4-5,9H2. The summed E-state index contributed by atoms with van der Waals surface area (Å²) in [5, 5.41) is 10.3. The molecule has 1 heterocycles. The number of hydrogen-bond donors (Lipinski definition) is 1. The van der Waals surface area contributed by atoms with Crippen LogP contribution in [0.4, 0.5) is 0 Å². The molecule has 1 aliphatic carbocycles. The van der Waals surface area contributed by atoms with Gasteiger partial charge in [-0.25, -0.2) is 0 Å². The van der Waals surface area contributed by atoms with E-state index in [1.165, 1.54) is 24.0 Å². The lowest BCUT2D eigenvalue weighted by Gasteiger charge is -2.12. The highest BCUT2D eigenvalue weighted by molar-refractivity contribution is 5.36. The number of fused-ring (bicyclic) bond motifs is 1. The zero-order valence-corrected chi connectivity index (χ0v) is 10.3. The molecule has 1 atom stereocenters. The molecule has 1 aliphatic rings. The van der Waals surface area contributed by atoms with Crippen LogP contribution in [0.5, 0.6) is 0 Å². The zero-order valence-electron chi connectivity index (χ0n) is 10.3. The largest absolute Gasteiger partial charge is 0.388 e. The van der Waals surface area contributed by atoms with Gasteiger partial charge in [0.25, 0.3) is 0 Å². The van der Waals surface area contributed by atoms with E-state index in [-0.39, 0.29) is 0 Å². The Balaban J connectivity index is 1.78. The maximum absolute atomic E-state index is 10.3. The van der Waals surface area contributed by atoms with Crippen molar-refractivity contribution in [3.05, 3.63) is 65.0 Å². The van der Waals surface area contributed by atoms with Gasteiger partial charge in [-0.05, 0) is 47.6 Å². The molecule has 0 aliphatic heterocycles. The summed E-state index contributed by atoms with van der Waals surface area (Å²) >= 11 is 0. The second kappa shape index (κ2) is 4.91. The highest BCUT2D eigenvalue weighted by Gasteiger charge is 2.14. The predicted molar refractivity (Wildman–Crippen MR) is 71.4 cm³/mol. The Hall–Kier alpha value is -1.67. The van der Waals surface area contributed by atoms with Crippen LogP contribution in [0, 0.1) is 0 Å². The molecule has 1 N–H and O–H groups in total. The van der Waals surface area contributed by atoms with E-state index in [0.29, 0.717) is 6.42 Å². The Morgan fingerprint density at radius 1 is 1.17 bits per heavy atom. The van der Waals surface area contributed by atoms with Crippen LogP contribution in [0.3, 0.4) is 0 Å². The van der Waals surface area contributed by atoms with Gasteiger partial charge in [-0.3, -0.25) is 4.98 Å². The number of pyridine rings is 1. The highest BCUT2D eigenvalue weighted by atomic mass is 16.3. The number of nitrogens with zero attached hydrogens (tertiary/aromatic N) is 1. The minimum atomic E-state index is -0.430. The van der Waals surface area contributed by atoms with Crippen molar-refractivity contribution >= 4 is 0 Å². The summed E-state index contributed by atoms with van der Waals surface area (Å²) in [6.07, 6.45) is 7.36. The van der Waals surface area contributed by atoms with Crippen molar-refractivity contribution in [3.8, 4) is 0 Å². The number of aliphatic hydroxyl groups excluding tert-OH is 1. The Bertz CT molecular complexity index is 536. The van der Waals surface area contributed by atoms with Crippen molar-refractivity contribution in [3.63, 3.8) is 0 Å². The van der Waals surface area contributed by atoms with Crippen LogP contribution in [0.15, 0.2) is 42.7 Å². The van der Waals surface area contributed by atoms with Crippen LogP contribution in [-0.2, 0) is 19.3 Å². The first-order chi connectivity index (χ1) is 8.83. The number of aromatic nitrogens is 1. The summed E-state index contributed by atoms with van der Waals surface area (Å²) in [6, 6.07) is 10.3. The van der Waals surface area contributed by atoms with Gasteiger partial charge in [0.2, 0.25) is 0 Å². The second-order valence-corrected chi connectivity index (χ2v) is 4.96. The number of aryl methyl sites for hydroxylation is 2. The molecule has 1 aromatic carbocycles. The molecule has 0 saturated heterocycles. The third-order valence-corrected chi connectivity index (χ3v) is 3.66. The van der Waals surface area contributed by atoms with E-state index in [1.54, 1.807) is 6.20 Å². The third-order valence-electron chi connectivity index (χ3n) is 3.66. The van der Waals surface area contributed by atoms with E-state index in [0.717, 1.165) is 17.5 Å². The number of benzene rings is 1. The van der Waals surface area contributed by atoms with Gasteiger partial charge in [0.15, 0.2) is 0 Å². The van der Waals surface area contributed by atoms with Gasteiger partial charge in [0.1, 0.15) is 0 Å². The average Bonchev–Trinajstić information content (AvgIpc) is 2.87. The van der Waals surface area contributed by atoms with Gasteiger partial charge >= 0.3 is 0 Å². The molecule has 2 nitrogen and oxygen atoms in total. The summed E-state index contributed by atoms with van der Waals surface area (Å²) in [4.78, 5) is 4.08. The average molecular weight is 239 g/mol. The maximum Gasteiger partial charge on any atom is 0.0831 e. The number of aliphatic hydroxyl groups is 1. The number of rotatable bonds is 3. The van der Waals surface area contributed by atoms with Crippen molar-refractivity contribution < 1.29 is 5.11 Å². The molecular weight excluding hydrogens is 222 g/mol. The Morgan fingerprint density at radius 2 is 2.06 bits per heavy atom. The van der Waals surface area contributed by atoms with E-state index in [2.05, 4.69) is 23.2 Å². The van der Waals surface area contributed by atoms with Crippen LogP contribution in [0.2, 0.25) is 0 Å². The molecule has 0 fully saturated rings. The third kappa shape index (κ3) is 2.29. The van der Waals surface area contributed by atoms with Crippen LogP contribution < -0.4 is 0 Å². The summed E-state index contributed by atoms with van der Waals surface area (Å²) in [5.41, 5.74) is 4.97. The molecule has 1 unspecified atom stereocenters. The molecular formula is C16H17NO. The molecule has 0 amide bonds. The van der Waals surface area contributed by atoms with E-state index in [9.17, 15) is 5.11 Å². The minimum Gasteiger partial charge on any atom is -0.388 e. The molecule has 2 heteroatoms. The lowest BCUT2D eigenvalue weighted by molar-refractivity contribution is 0.178. The molecule has 92 valence electrons. The van der Waals surface area contributed by atoms with E-state index < -0.39 is 6.10 Å². The zero-order chi connectivity index (χ0) is 12.4. The quantitative estimate of drug-likeness (QED) is 0.893. The summed E-state index contributed by atoms with van der Waals surface area (Å²) in [7, 11) is 0. The van der Waals surface area contributed by atoms with Crippen LogP contribution in [0.25, 0.3) is 0 Å². The maximum atomic E-state index is 10.3. The monoisotopic (exact) mass is 239 g/mol. The number of hydrogen-bond acceptors (Lipinski definition) is 2. The van der Waals surface area contributed by atoms with Gasteiger partial charge in [-0.2, -0.15) is 0 Å². The molecule has 0 saturated carbocycles. The van der Waals surface area contributed by atoms with Gasteiger partial charge < -0.3 is 5.11 Å². The predicted octanol–water partition coefficient (Wildman–Crippen LogP) is 2.85. The van der Waals surface area contributed by atoms with Crippen LogP contribution >= 0.6 is 0 Å². The smallest absolute Gasteiger partial charge is 0.0831 e. The van der Waals surface area contributed by atoms with Gasteiger partial charge in [0.05, 0.1) is 6.10 Å². The SMILES string of the molecule is OC(Cc1cccnc1)c1ccc2c(c1)CCC2. The first kappa shape index (κ1) is 11.4. The van der Waals surface area contributed by atoms with Crippen molar-refractivity contribution in [2.75, 3.05) is 0 Å². The fraction of sp³-hybridized carbons (Fsp3) is 0.312. The van der Waals surface area contributed by atoms with Gasteiger partial charge in [0, 0.05) is 18.8 Å². The second-order valence-electron chi connectivity index (χ2n) is 4.96. The Kier molecular flexibility index (Phi) is 3.11. The first-order valence-electron chi connectivity index (χ1n) is 6.51. The summed E-state index contributed by atoms with van der Waals surface area (Å²) in [5.74, 6) is 0. The summed E-state index contributed by atoms with van der Waals surface area (Å²) < 4.78 is 0. The normalized spacial score (nSPS) is 15.4. The minimum absolute atomic E-state index is 0.430. The lowest BCUT2D eigenvalue weighted by atomic mass is 9.99. The van der Waals surface area contributed by atoms with Crippen molar-refractivity contribution in [2.24, 2.45) is 0 Å². The molecule has 0 spiro atoms. The molecule has 0 bridgehead atoms. The topological polar surface area (TPSA) is 33.1 Å². The van der Waals surface area contributed by atoms with Crippen molar-refractivity contribution in [2.45, 2.75) is 31.8 Å². The first-order valence-corrected chi connectivity index (χ1v) is 6.51. The van der Waals surface area contributed by atoms with E-state index in [1.807, 2.05) is 18.3 Å². The van der Waals surface area contributed by atoms with Gasteiger partial charge in [-0.1, -0.05) is 24.3 Å². The lowest BCUT2D eigenvalue weighted by Crippen LogP contribution is -2.03. The molecule has 2 aromatic rings. The summed E-state index contributed by atoms with van der Waals surface area (Å²) in [6.45, 7) is 0. The highest BCUT2D eigenvalue weighted by Crippen LogP contribution is 2.26. The molecule has 18 heavy (non-hydrogen) atoms. The van der Waals surface area contributed by atoms with Crippen LogP contribution in [-0.4, -0.2) is 10.1 Å². The Labute approximate surface area is 107 Å². The molecule has 3 rings (SSSR count). The molecule has 0 radical (unpaired) electrons. The van der Waals surface area contributed by atoms with Crippen molar-refractivity contribution in [1.29, 1.82) is 0 Å². The fourth-order valence-corrected chi connectivity index (χ4v) is 2.66.